The molecule has 2 aromatic rings. The van der Waals surface area contributed by atoms with Crippen molar-refractivity contribution in [2.24, 2.45) is 5.92 Å². The molecule has 5 nitrogen and oxygen atoms in total. The van der Waals surface area contributed by atoms with Crippen molar-refractivity contribution in [3.8, 4) is 0 Å². The van der Waals surface area contributed by atoms with Gasteiger partial charge in [-0.2, -0.15) is 4.31 Å². The van der Waals surface area contributed by atoms with Gasteiger partial charge in [-0.25, -0.2) is 13.4 Å². The van der Waals surface area contributed by atoms with Gasteiger partial charge in [-0.1, -0.05) is 6.07 Å². The van der Waals surface area contributed by atoms with Crippen LogP contribution in [0.4, 0.5) is 0 Å². The van der Waals surface area contributed by atoms with Gasteiger partial charge in [-0.3, -0.25) is 0 Å². The first-order valence-corrected chi connectivity index (χ1v) is 12.1. The van der Waals surface area contributed by atoms with E-state index < -0.39 is 10.0 Å². The molecule has 6 heteroatoms. The Kier molecular flexibility index (Phi) is 4.59. The van der Waals surface area contributed by atoms with E-state index in [0.29, 0.717) is 29.8 Å². The molecule has 5 rings (SSSR count). The molecule has 1 saturated carbocycles. The summed E-state index contributed by atoms with van der Waals surface area (Å²) in [5, 5.41) is 0. The topological polar surface area (TPSA) is 55.2 Å². The third-order valence-corrected chi connectivity index (χ3v) is 8.52. The second-order valence-corrected chi connectivity index (χ2v) is 10.7. The highest BCUT2D eigenvalue weighted by Gasteiger charge is 2.33. The largest absolute Gasteiger partial charge is 0.332 e. The van der Waals surface area contributed by atoms with Crippen molar-refractivity contribution in [3.63, 3.8) is 0 Å². The van der Waals surface area contributed by atoms with Crippen LogP contribution in [0.1, 0.15) is 60.7 Å². The Bertz CT molecular complexity index is 991. The zero-order chi connectivity index (χ0) is 19.3. The molecule has 1 aliphatic heterocycles. The minimum absolute atomic E-state index is 0.350. The minimum Gasteiger partial charge on any atom is -0.332 e. The van der Waals surface area contributed by atoms with Crippen LogP contribution in [0.15, 0.2) is 29.3 Å². The van der Waals surface area contributed by atoms with Crippen LogP contribution >= 0.6 is 0 Å². The number of aryl methyl sites for hydroxylation is 3. The van der Waals surface area contributed by atoms with E-state index in [0.717, 1.165) is 38.6 Å². The molecule has 0 bridgehead atoms. The molecule has 28 heavy (non-hydrogen) atoms. The summed E-state index contributed by atoms with van der Waals surface area (Å²) in [7, 11) is -3.41. The SMILES string of the molecule is Cc1cnc(C2CC2)n1CC1CCCN(S(=O)(=O)c2ccc3c(c2)CCC3)C1. The molecule has 1 aromatic heterocycles. The molecule has 0 amide bonds. The smallest absolute Gasteiger partial charge is 0.243 e. The summed E-state index contributed by atoms with van der Waals surface area (Å²) in [5.74, 6) is 2.17. The number of rotatable bonds is 5. The third kappa shape index (κ3) is 3.30. The lowest BCUT2D eigenvalue weighted by Gasteiger charge is -2.32. The fraction of sp³-hybridized carbons (Fsp3) is 0.591. The number of fused-ring (bicyclic) bond motifs is 1. The number of aromatic nitrogens is 2. The molecule has 2 aliphatic carbocycles. The molecule has 0 N–H and O–H groups in total. The molecule has 1 aromatic carbocycles. The van der Waals surface area contributed by atoms with Gasteiger partial charge < -0.3 is 4.57 Å². The monoisotopic (exact) mass is 399 g/mol. The van der Waals surface area contributed by atoms with Gasteiger partial charge in [0.1, 0.15) is 5.82 Å². The summed E-state index contributed by atoms with van der Waals surface area (Å²) in [4.78, 5) is 5.10. The molecule has 0 spiro atoms. The standard InChI is InChI=1S/C22H29N3O2S/c1-16-13-23-22(19-7-8-19)25(16)15-17-4-3-11-24(14-17)28(26,27)21-10-9-18-5-2-6-20(18)12-21/h9-10,12-13,17,19H,2-8,11,14-15H2,1H3. The van der Waals surface area contributed by atoms with Crippen LogP contribution < -0.4 is 0 Å². The highest BCUT2D eigenvalue weighted by atomic mass is 32.2. The second kappa shape index (κ2) is 6.99. The van der Waals surface area contributed by atoms with E-state index in [1.54, 1.807) is 4.31 Å². The van der Waals surface area contributed by atoms with Gasteiger partial charge in [0.2, 0.25) is 10.0 Å². The van der Waals surface area contributed by atoms with E-state index in [1.165, 1.54) is 35.5 Å². The quantitative estimate of drug-likeness (QED) is 0.771. The average molecular weight is 400 g/mol. The van der Waals surface area contributed by atoms with Crippen LogP contribution in [0.3, 0.4) is 0 Å². The molecule has 1 unspecified atom stereocenters. The van der Waals surface area contributed by atoms with Crippen molar-refractivity contribution in [3.05, 3.63) is 47.0 Å². The first-order valence-electron chi connectivity index (χ1n) is 10.7. The van der Waals surface area contributed by atoms with E-state index in [4.69, 9.17) is 0 Å². The van der Waals surface area contributed by atoms with E-state index >= 15 is 0 Å². The van der Waals surface area contributed by atoms with Gasteiger partial charge in [0.25, 0.3) is 0 Å². The highest BCUT2D eigenvalue weighted by molar-refractivity contribution is 7.89. The van der Waals surface area contributed by atoms with E-state index in [2.05, 4.69) is 16.5 Å². The van der Waals surface area contributed by atoms with Crippen LogP contribution in [-0.2, 0) is 29.4 Å². The van der Waals surface area contributed by atoms with Gasteiger partial charge in [0.15, 0.2) is 0 Å². The summed E-state index contributed by atoms with van der Waals surface area (Å²) in [6, 6.07) is 5.76. The summed E-state index contributed by atoms with van der Waals surface area (Å²) >= 11 is 0. The van der Waals surface area contributed by atoms with Gasteiger partial charge in [-0.05, 0) is 81.0 Å². The zero-order valence-corrected chi connectivity index (χ0v) is 17.4. The molecular formula is C22H29N3O2S. The fourth-order valence-corrected chi connectivity index (χ4v) is 6.50. The highest BCUT2D eigenvalue weighted by Crippen LogP contribution is 2.40. The van der Waals surface area contributed by atoms with Crippen molar-refractivity contribution < 1.29 is 8.42 Å². The van der Waals surface area contributed by atoms with Gasteiger partial charge in [0, 0.05) is 37.4 Å². The van der Waals surface area contributed by atoms with Gasteiger partial charge in [-0.15, -0.1) is 0 Å². The van der Waals surface area contributed by atoms with E-state index in [9.17, 15) is 8.42 Å². The van der Waals surface area contributed by atoms with Crippen molar-refractivity contribution in [2.45, 2.75) is 69.2 Å². The number of sulfonamides is 1. The van der Waals surface area contributed by atoms with Crippen LogP contribution in [0.5, 0.6) is 0 Å². The maximum Gasteiger partial charge on any atom is 0.243 e. The van der Waals surface area contributed by atoms with Crippen LogP contribution in [0.2, 0.25) is 0 Å². The second-order valence-electron chi connectivity index (χ2n) is 8.80. The molecule has 1 atom stereocenters. The van der Waals surface area contributed by atoms with Crippen molar-refractivity contribution >= 4 is 10.0 Å². The Morgan fingerprint density at radius 3 is 2.75 bits per heavy atom. The van der Waals surface area contributed by atoms with Crippen molar-refractivity contribution in [2.75, 3.05) is 13.1 Å². The van der Waals surface area contributed by atoms with Gasteiger partial charge in [0.05, 0.1) is 4.90 Å². The van der Waals surface area contributed by atoms with Gasteiger partial charge >= 0.3 is 0 Å². The van der Waals surface area contributed by atoms with Crippen LogP contribution in [0, 0.1) is 12.8 Å². The molecule has 3 aliphatic rings. The predicted molar refractivity (Wildman–Crippen MR) is 109 cm³/mol. The lowest BCUT2D eigenvalue weighted by atomic mass is 9.99. The van der Waals surface area contributed by atoms with E-state index in [-0.39, 0.29) is 0 Å². The number of hydrogen-bond acceptors (Lipinski definition) is 3. The lowest BCUT2D eigenvalue weighted by molar-refractivity contribution is 0.243. The number of imidazole rings is 1. The molecule has 0 radical (unpaired) electrons. The maximum absolute atomic E-state index is 13.3. The fourth-order valence-electron chi connectivity index (χ4n) is 4.89. The summed E-state index contributed by atoms with van der Waals surface area (Å²) in [6.45, 7) is 4.24. The number of piperidine rings is 1. The Labute approximate surface area is 167 Å². The Hall–Kier alpha value is -1.66. The summed E-state index contributed by atoms with van der Waals surface area (Å²) in [6.07, 6.45) is 9.67. The normalized spacial score (nSPS) is 23.1. The summed E-state index contributed by atoms with van der Waals surface area (Å²) < 4.78 is 30.7. The first-order chi connectivity index (χ1) is 13.5. The summed E-state index contributed by atoms with van der Waals surface area (Å²) in [5.41, 5.74) is 3.73. The molecule has 2 heterocycles. The lowest BCUT2D eigenvalue weighted by Crippen LogP contribution is -2.41. The Morgan fingerprint density at radius 1 is 1.11 bits per heavy atom. The third-order valence-electron chi connectivity index (χ3n) is 6.66. The molecule has 1 saturated heterocycles. The number of benzene rings is 1. The Balaban J connectivity index is 1.35. The molecular weight excluding hydrogens is 370 g/mol. The maximum atomic E-state index is 13.3. The molecule has 2 fully saturated rings. The first kappa shape index (κ1) is 18.4. The predicted octanol–water partition coefficient (Wildman–Crippen LogP) is 3.66. The number of hydrogen-bond donors (Lipinski definition) is 0. The van der Waals surface area contributed by atoms with Crippen molar-refractivity contribution in [1.29, 1.82) is 0 Å². The molecule has 150 valence electrons. The minimum atomic E-state index is -3.41. The van der Waals surface area contributed by atoms with Crippen LogP contribution in [-0.4, -0.2) is 35.4 Å². The van der Waals surface area contributed by atoms with Crippen LogP contribution in [0.25, 0.3) is 0 Å². The van der Waals surface area contributed by atoms with E-state index in [1.807, 2.05) is 24.4 Å². The number of nitrogens with zero attached hydrogens (tertiary/aromatic N) is 3. The average Bonchev–Trinajstić information content (AvgIpc) is 3.32. The zero-order valence-electron chi connectivity index (χ0n) is 16.6. The van der Waals surface area contributed by atoms with Crippen molar-refractivity contribution in [1.82, 2.24) is 13.9 Å². The Morgan fingerprint density at radius 2 is 1.93 bits per heavy atom.